The van der Waals surface area contributed by atoms with Gasteiger partial charge in [0.15, 0.2) is 0 Å². The first-order valence-electron chi connectivity index (χ1n) is 7.57. The standard InChI is InChI=1S/C15H20BrN3O2/c16-12-3-4-14(15(10-12)19(20)21)18-8-5-11(6-9-18)13-2-1-7-17-13/h3-4,10-11,13,17H,1-2,5-9H2. The van der Waals surface area contributed by atoms with Crippen LogP contribution in [0.3, 0.4) is 0 Å². The smallest absolute Gasteiger partial charge is 0.293 e. The molecule has 6 heteroatoms. The summed E-state index contributed by atoms with van der Waals surface area (Å²) >= 11 is 3.31. The van der Waals surface area contributed by atoms with Crippen molar-refractivity contribution in [2.45, 2.75) is 31.7 Å². The molecule has 0 bridgehead atoms. The number of piperidine rings is 1. The highest BCUT2D eigenvalue weighted by molar-refractivity contribution is 9.10. The Labute approximate surface area is 133 Å². The molecule has 1 aromatic rings. The highest BCUT2D eigenvalue weighted by Gasteiger charge is 2.30. The number of nitro benzene ring substituents is 1. The largest absolute Gasteiger partial charge is 0.366 e. The Morgan fingerprint density at radius 1 is 1.29 bits per heavy atom. The first-order valence-corrected chi connectivity index (χ1v) is 8.37. The fourth-order valence-corrected chi connectivity index (χ4v) is 3.92. The molecule has 0 aromatic heterocycles. The topological polar surface area (TPSA) is 58.4 Å². The lowest BCUT2D eigenvalue weighted by Gasteiger charge is -2.36. The van der Waals surface area contributed by atoms with E-state index in [1.54, 1.807) is 6.07 Å². The number of halogens is 1. The number of anilines is 1. The van der Waals surface area contributed by atoms with Crippen LogP contribution in [0.4, 0.5) is 11.4 Å². The summed E-state index contributed by atoms with van der Waals surface area (Å²) in [6.07, 6.45) is 4.79. The molecule has 1 N–H and O–H groups in total. The van der Waals surface area contributed by atoms with Gasteiger partial charge in [0.05, 0.1) is 4.92 Å². The highest BCUT2D eigenvalue weighted by atomic mass is 79.9. The van der Waals surface area contributed by atoms with Crippen LogP contribution in [0, 0.1) is 16.0 Å². The van der Waals surface area contributed by atoms with Crippen molar-refractivity contribution in [2.75, 3.05) is 24.5 Å². The summed E-state index contributed by atoms with van der Waals surface area (Å²) in [5.41, 5.74) is 0.947. The highest BCUT2D eigenvalue weighted by Crippen LogP contribution is 2.35. The SMILES string of the molecule is O=[N+]([O-])c1cc(Br)ccc1N1CCC(C2CCCN2)CC1. The summed E-state index contributed by atoms with van der Waals surface area (Å²) in [6, 6.07) is 6.00. The van der Waals surface area contributed by atoms with Gasteiger partial charge in [-0.25, -0.2) is 0 Å². The number of hydrogen-bond acceptors (Lipinski definition) is 4. The van der Waals surface area contributed by atoms with Crippen molar-refractivity contribution in [1.82, 2.24) is 5.32 Å². The van der Waals surface area contributed by atoms with Crippen LogP contribution in [0.15, 0.2) is 22.7 Å². The average Bonchev–Trinajstić information content (AvgIpc) is 3.01. The molecule has 2 saturated heterocycles. The number of nitro groups is 1. The predicted octanol–water partition coefficient (Wildman–Crippen LogP) is 3.33. The van der Waals surface area contributed by atoms with E-state index in [-0.39, 0.29) is 10.6 Å². The van der Waals surface area contributed by atoms with E-state index >= 15 is 0 Å². The van der Waals surface area contributed by atoms with Gasteiger partial charge in [-0.05, 0) is 50.3 Å². The maximum Gasteiger partial charge on any atom is 0.293 e. The molecule has 0 amide bonds. The Morgan fingerprint density at radius 2 is 2.05 bits per heavy atom. The summed E-state index contributed by atoms with van der Waals surface area (Å²) < 4.78 is 0.753. The second kappa shape index (κ2) is 6.32. The third kappa shape index (κ3) is 3.21. The van der Waals surface area contributed by atoms with Crippen molar-refractivity contribution in [3.05, 3.63) is 32.8 Å². The predicted molar refractivity (Wildman–Crippen MR) is 86.8 cm³/mol. The van der Waals surface area contributed by atoms with Gasteiger partial charge in [0.25, 0.3) is 5.69 Å². The molecule has 1 atom stereocenters. The molecular weight excluding hydrogens is 334 g/mol. The Bertz CT molecular complexity index is 524. The molecule has 2 fully saturated rings. The minimum absolute atomic E-state index is 0.196. The molecule has 0 aliphatic carbocycles. The van der Waals surface area contributed by atoms with E-state index < -0.39 is 0 Å². The molecule has 2 aliphatic rings. The summed E-state index contributed by atoms with van der Waals surface area (Å²) in [5.74, 6) is 0.721. The molecule has 3 rings (SSSR count). The molecule has 0 saturated carbocycles. The van der Waals surface area contributed by atoms with Gasteiger partial charge in [-0.2, -0.15) is 0 Å². The molecule has 1 aromatic carbocycles. The minimum atomic E-state index is -0.287. The van der Waals surface area contributed by atoms with Crippen LogP contribution in [0.25, 0.3) is 0 Å². The summed E-state index contributed by atoms with van der Waals surface area (Å²) in [7, 11) is 0. The van der Waals surface area contributed by atoms with Crippen molar-refractivity contribution in [3.63, 3.8) is 0 Å². The van der Waals surface area contributed by atoms with Gasteiger partial charge >= 0.3 is 0 Å². The lowest BCUT2D eigenvalue weighted by molar-refractivity contribution is -0.384. The van der Waals surface area contributed by atoms with E-state index in [4.69, 9.17) is 0 Å². The zero-order chi connectivity index (χ0) is 14.8. The Hall–Kier alpha value is -1.14. The van der Waals surface area contributed by atoms with E-state index in [9.17, 15) is 10.1 Å². The van der Waals surface area contributed by atoms with Crippen LogP contribution in [0.2, 0.25) is 0 Å². The molecule has 114 valence electrons. The van der Waals surface area contributed by atoms with Gasteiger partial charge in [0, 0.05) is 29.7 Å². The van der Waals surface area contributed by atoms with E-state index in [1.165, 1.54) is 12.8 Å². The lowest BCUT2D eigenvalue weighted by atomic mass is 9.88. The van der Waals surface area contributed by atoms with Gasteiger partial charge in [0.2, 0.25) is 0 Å². The molecule has 0 spiro atoms. The molecule has 1 unspecified atom stereocenters. The third-order valence-electron chi connectivity index (χ3n) is 4.68. The van der Waals surface area contributed by atoms with Crippen LogP contribution in [0.1, 0.15) is 25.7 Å². The third-order valence-corrected chi connectivity index (χ3v) is 5.18. The fourth-order valence-electron chi connectivity index (χ4n) is 3.57. The van der Waals surface area contributed by atoms with Gasteiger partial charge in [-0.15, -0.1) is 0 Å². The quantitative estimate of drug-likeness (QED) is 0.668. The number of nitrogens with zero attached hydrogens (tertiary/aromatic N) is 2. The number of rotatable bonds is 3. The zero-order valence-electron chi connectivity index (χ0n) is 11.9. The van der Waals surface area contributed by atoms with Crippen LogP contribution in [-0.4, -0.2) is 30.6 Å². The van der Waals surface area contributed by atoms with E-state index in [0.717, 1.165) is 48.6 Å². The minimum Gasteiger partial charge on any atom is -0.366 e. The van der Waals surface area contributed by atoms with Crippen LogP contribution < -0.4 is 10.2 Å². The van der Waals surface area contributed by atoms with Gasteiger partial charge < -0.3 is 10.2 Å². The zero-order valence-corrected chi connectivity index (χ0v) is 13.5. The van der Waals surface area contributed by atoms with Crippen molar-refractivity contribution < 1.29 is 4.92 Å². The molecule has 2 heterocycles. The number of hydrogen-bond donors (Lipinski definition) is 1. The Balaban J connectivity index is 1.70. The van der Waals surface area contributed by atoms with Gasteiger partial charge in [0.1, 0.15) is 5.69 Å². The Kier molecular flexibility index (Phi) is 4.45. The monoisotopic (exact) mass is 353 g/mol. The number of nitrogens with one attached hydrogen (secondary N) is 1. The van der Waals surface area contributed by atoms with Gasteiger partial charge in [-0.1, -0.05) is 15.9 Å². The second-order valence-corrected chi connectivity index (χ2v) is 6.83. The summed E-state index contributed by atoms with van der Waals surface area (Å²) in [4.78, 5) is 13.1. The van der Waals surface area contributed by atoms with Crippen molar-refractivity contribution in [2.24, 2.45) is 5.92 Å². The summed E-state index contributed by atoms with van der Waals surface area (Å²) in [6.45, 7) is 2.96. The molecule has 0 radical (unpaired) electrons. The lowest BCUT2D eigenvalue weighted by Crippen LogP contribution is -2.41. The molecule has 2 aliphatic heterocycles. The van der Waals surface area contributed by atoms with Crippen molar-refractivity contribution >= 4 is 27.3 Å². The van der Waals surface area contributed by atoms with Gasteiger partial charge in [-0.3, -0.25) is 10.1 Å². The van der Waals surface area contributed by atoms with E-state index in [1.807, 2.05) is 12.1 Å². The summed E-state index contributed by atoms with van der Waals surface area (Å²) in [5, 5.41) is 14.8. The van der Waals surface area contributed by atoms with Crippen LogP contribution >= 0.6 is 15.9 Å². The molecule has 21 heavy (non-hydrogen) atoms. The normalized spacial score (nSPS) is 23.5. The average molecular weight is 354 g/mol. The van der Waals surface area contributed by atoms with Crippen molar-refractivity contribution in [1.29, 1.82) is 0 Å². The van der Waals surface area contributed by atoms with Crippen LogP contribution in [0.5, 0.6) is 0 Å². The maximum absolute atomic E-state index is 11.2. The fraction of sp³-hybridized carbons (Fsp3) is 0.600. The first-order chi connectivity index (χ1) is 10.1. The van der Waals surface area contributed by atoms with Crippen LogP contribution in [-0.2, 0) is 0 Å². The van der Waals surface area contributed by atoms with E-state index in [0.29, 0.717) is 6.04 Å². The number of benzene rings is 1. The second-order valence-electron chi connectivity index (χ2n) is 5.92. The first kappa shape index (κ1) is 14.8. The van der Waals surface area contributed by atoms with E-state index in [2.05, 4.69) is 26.1 Å². The van der Waals surface area contributed by atoms with Crippen molar-refractivity contribution in [3.8, 4) is 0 Å². The Morgan fingerprint density at radius 3 is 2.67 bits per heavy atom. The maximum atomic E-state index is 11.2. The molecular formula is C15H20BrN3O2. The molecule has 5 nitrogen and oxygen atoms in total.